The van der Waals surface area contributed by atoms with Crippen molar-refractivity contribution >= 4 is 22.6 Å². The van der Waals surface area contributed by atoms with Gasteiger partial charge in [-0.25, -0.2) is 0 Å². The van der Waals surface area contributed by atoms with Gasteiger partial charge in [-0.2, -0.15) is 13.2 Å². The average Bonchev–Trinajstić information content (AvgIpc) is 3.12. The molecule has 2 N–H and O–H groups in total. The van der Waals surface area contributed by atoms with Gasteiger partial charge in [0, 0.05) is 23.6 Å². The van der Waals surface area contributed by atoms with E-state index in [4.69, 9.17) is 4.74 Å². The molecule has 0 unspecified atom stereocenters. The number of esters is 1. The molecule has 1 aliphatic heterocycles. The van der Waals surface area contributed by atoms with Gasteiger partial charge in [0.15, 0.2) is 0 Å². The van der Waals surface area contributed by atoms with Gasteiger partial charge in [-0.1, -0.05) is 30.3 Å². The molecular weight excluding hydrogens is 425 g/mol. The minimum Gasteiger partial charge on any atom is -0.464 e. The second-order valence-corrected chi connectivity index (χ2v) is 7.70. The Bertz CT molecular complexity index is 1270. The van der Waals surface area contributed by atoms with E-state index in [-0.39, 0.29) is 35.2 Å². The van der Waals surface area contributed by atoms with Crippen LogP contribution in [0.3, 0.4) is 0 Å². The third-order valence-corrected chi connectivity index (χ3v) is 5.47. The molecule has 0 saturated carbocycles. The fourth-order valence-electron chi connectivity index (χ4n) is 3.97. The summed E-state index contributed by atoms with van der Waals surface area (Å²) in [6.07, 6.45) is -4.17. The summed E-state index contributed by atoms with van der Waals surface area (Å²) in [6.45, 7) is 1.35. The van der Waals surface area contributed by atoms with Crippen molar-refractivity contribution in [1.29, 1.82) is 0 Å². The highest BCUT2D eigenvalue weighted by Crippen LogP contribution is 2.37. The predicted octanol–water partition coefficient (Wildman–Crippen LogP) is 3.75. The minimum absolute atomic E-state index is 0.0585. The lowest BCUT2D eigenvalue weighted by Gasteiger charge is -2.14. The number of carbonyl (C=O) groups excluding carboxylic acids is 2. The van der Waals surface area contributed by atoms with Crippen molar-refractivity contribution in [3.63, 3.8) is 0 Å². The predicted molar refractivity (Wildman–Crippen MR) is 111 cm³/mol. The van der Waals surface area contributed by atoms with E-state index >= 15 is 0 Å². The molecule has 1 aromatic heterocycles. The van der Waals surface area contributed by atoms with Gasteiger partial charge in [0.2, 0.25) is 5.91 Å². The fraction of sp³-hybridized carbons (Fsp3) is 0.261. The van der Waals surface area contributed by atoms with Crippen LogP contribution in [0.4, 0.5) is 13.2 Å². The summed E-state index contributed by atoms with van der Waals surface area (Å²) >= 11 is 0. The zero-order valence-corrected chi connectivity index (χ0v) is 17.0. The topological polar surface area (TPSA) is 88.3 Å². The van der Waals surface area contributed by atoms with E-state index in [1.54, 1.807) is 18.2 Å². The maximum absolute atomic E-state index is 13.4. The summed E-state index contributed by atoms with van der Waals surface area (Å²) in [4.78, 5) is 38.6. The van der Waals surface area contributed by atoms with Crippen molar-refractivity contribution in [2.75, 3.05) is 6.61 Å². The van der Waals surface area contributed by atoms with E-state index < -0.39 is 29.2 Å². The van der Waals surface area contributed by atoms with Crippen molar-refractivity contribution in [3.8, 4) is 11.3 Å². The summed E-state index contributed by atoms with van der Waals surface area (Å²) in [7, 11) is 0. The molecule has 1 amide bonds. The molecule has 0 bridgehead atoms. The first-order valence-corrected chi connectivity index (χ1v) is 9.91. The number of amides is 1. The van der Waals surface area contributed by atoms with E-state index in [0.717, 1.165) is 6.07 Å². The zero-order valence-electron chi connectivity index (χ0n) is 17.0. The molecule has 4 rings (SSSR count). The number of halogens is 3. The fourth-order valence-corrected chi connectivity index (χ4v) is 3.97. The maximum atomic E-state index is 13.4. The Morgan fingerprint density at radius 1 is 1.12 bits per heavy atom. The Morgan fingerprint density at radius 3 is 2.59 bits per heavy atom. The number of aromatic nitrogens is 1. The molecule has 1 saturated heterocycles. The second kappa shape index (κ2) is 8.14. The SMILES string of the molecule is CC(=O)OC[C@@H]1C[C@@H](c2ccc3cc(-c4ccccc4C(F)(F)F)[nH]c(=O)c3c2)C(=O)N1. The molecule has 6 nitrogen and oxygen atoms in total. The minimum atomic E-state index is -4.56. The average molecular weight is 444 g/mol. The monoisotopic (exact) mass is 444 g/mol. The summed E-state index contributed by atoms with van der Waals surface area (Å²) in [5.41, 5.74) is -0.844. The van der Waals surface area contributed by atoms with E-state index in [0.29, 0.717) is 17.4 Å². The van der Waals surface area contributed by atoms with Gasteiger partial charge in [-0.05, 0) is 35.6 Å². The number of hydrogen-bond donors (Lipinski definition) is 2. The highest BCUT2D eigenvalue weighted by atomic mass is 19.4. The Balaban J connectivity index is 1.68. The highest BCUT2D eigenvalue weighted by molar-refractivity contribution is 5.90. The van der Waals surface area contributed by atoms with Crippen LogP contribution in [0.25, 0.3) is 22.0 Å². The lowest BCUT2D eigenvalue weighted by Crippen LogP contribution is -2.30. The number of ether oxygens (including phenoxy) is 1. The second-order valence-electron chi connectivity index (χ2n) is 7.70. The Labute approximate surface area is 180 Å². The molecule has 2 atom stereocenters. The number of fused-ring (bicyclic) bond motifs is 1. The smallest absolute Gasteiger partial charge is 0.417 e. The van der Waals surface area contributed by atoms with Gasteiger partial charge >= 0.3 is 12.1 Å². The molecule has 32 heavy (non-hydrogen) atoms. The van der Waals surface area contributed by atoms with Gasteiger partial charge in [0.25, 0.3) is 5.56 Å². The van der Waals surface area contributed by atoms with Gasteiger partial charge in [0.1, 0.15) is 6.61 Å². The Morgan fingerprint density at radius 2 is 1.88 bits per heavy atom. The van der Waals surface area contributed by atoms with Crippen molar-refractivity contribution in [1.82, 2.24) is 10.3 Å². The van der Waals surface area contributed by atoms with Crippen LogP contribution in [0, 0.1) is 0 Å². The third kappa shape index (κ3) is 4.23. The van der Waals surface area contributed by atoms with Crippen molar-refractivity contribution in [3.05, 3.63) is 70.0 Å². The van der Waals surface area contributed by atoms with E-state index in [2.05, 4.69) is 10.3 Å². The first-order valence-electron chi connectivity index (χ1n) is 9.91. The molecule has 3 aromatic rings. The van der Waals surface area contributed by atoms with Crippen LogP contribution in [0.5, 0.6) is 0 Å². The number of carbonyl (C=O) groups is 2. The van der Waals surface area contributed by atoms with E-state index in [9.17, 15) is 27.6 Å². The molecular formula is C23H19F3N2O4. The van der Waals surface area contributed by atoms with Crippen LogP contribution < -0.4 is 10.9 Å². The largest absolute Gasteiger partial charge is 0.464 e. The van der Waals surface area contributed by atoms with Crippen molar-refractivity contribution in [2.45, 2.75) is 31.5 Å². The van der Waals surface area contributed by atoms with Crippen LogP contribution in [-0.4, -0.2) is 29.5 Å². The molecule has 2 heterocycles. The van der Waals surface area contributed by atoms with Crippen LogP contribution >= 0.6 is 0 Å². The number of H-pyrrole nitrogens is 1. The first kappa shape index (κ1) is 21.6. The third-order valence-electron chi connectivity index (χ3n) is 5.47. The lowest BCUT2D eigenvalue weighted by molar-refractivity contribution is -0.142. The van der Waals surface area contributed by atoms with Gasteiger partial charge in [0.05, 0.1) is 17.5 Å². The number of hydrogen-bond acceptors (Lipinski definition) is 4. The van der Waals surface area contributed by atoms with Crippen LogP contribution in [0.15, 0.2) is 53.3 Å². The molecule has 1 fully saturated rings. The Kier molecular flexibility index (Phi) is 5.50. The standard InChI is InChI=1S/C23H19F3N2O4/c1-12(29)32-11-15-10-18(21(30)27-15)13-6-7-14-9-20(28-22(31)17(14)8-13)16-4-2-3-5-19(16)23(24,25)26/h2-9,15,18H,10-11H2,1H3,(H,27,30)(H,28,31)/t15-,18-/m0/s1. The van der Waals surface area contributed by atoms with Crippen LogP contribution in [-0.2, 0) is 20.5 Å². The first-order chi connectivity index (χ1) is 15.1. The molecule has 166 valence electrons. The van der Waals surface area contributed by atoms with E-state index in [1.807, 2.05) is 0 Å². The highest BCUT2D eigenvalue weighted by Gasteiger charge is 2.35. The maximum Gasteiger partial charge on any atom is 0.417 e. The summed E-state index contributed by atoms with van der Waals surface area (Å²) in [6, 6.07) is 11.1. The van der Waals surface area contributed by atoms with Crippen molar-refractivity contribution in [2.24, 2.45) is 0 Å². The molecule has 0 spiro atoms. The summed E-state index contributed by atoms with van der Waals surface area (Å²) in [5, 5.41) is 3.49. The zero-order chi connectivity index (χ0) is 23.0. The molecule has 2 aromatic carbocycles. The van der Waals surface area contributed by atoms with Crippen LogP contribution in [0.2, 0.25) is 0 Å². The molecule has 0 aliphatic carbocycles. The summed E-state index contributed by atoms with van der Waals surface area (Å²) in [5.74, 6) is -1.21. The van der Waals surface area contributed by atoms with Crippen molar-refractivity contribution < 1.29 is 27.5 Å². The number of rotatable bonds is 4. The quantitative estimate of drug-likeness (QED) is 0.600. The van der Waals surface area contributed by atoms with Crippen LogP contribution in [0.1, 0.15) is 30.4 Å². The molecule has 0 radical (unpaired) electrons. The Hall–Kier alpha value is -3.62. The number of nitrogens with one attached hydrogen (secondary N) is 2. The molecule has 1 aliphatic rings. The number of aromatic amines is 1. The summed E-state index contributed by atoms with van der Waals surface area (Å²) < 4.78 is 45.1. The number of pyridine rings is 1. The van der Waals surface area contributed by atoms with Gasteiger partial charge < -0.3 is 15.0 Å². The van der Waals surface area contributed by atoms with E-state index in [1.165, 1.54) is 31.2 Å². The normalized spacial score (nSPS) is 18.6. The lowest BCUT2D eigenvalue weighted by atomic mass is 9.93. The number of benzene rings is 2. The molecule has 9 heteroatoms. The number of alkyl halides is 3. The van der Waals surface area contributed by atoms with Gasteiger partial charge in [-0.15, -0.1) is 0 Å². The van der Waals surface area contributed by atoms with Gasteiger partial charge in [-0.3, -0.25) is 14.4 Å².